The minimum absolute atomic E-state index is 0.0730. The molecule has 1 aromatic rings. The average molecular weight is 323 g/mol. The Balaban J connectivity index is 2.50. The van der Waals surface area contributed by atoms with Crippen LogP contribution in [0.3, 0.4) is 0 Å². The normalized spacial score (nSPS) is 20.6. The van der Waals surface area contributed by atoms with E-state index in [2.05, 4.69) is 12.0 Å². The number of carboxylic acids is 1. The summed E-state index contributed by atoms with van der Waals surface area (Å²) in [6.45, 7) is 11.9. The van der Waals surface area contributed by atoms with Crippen molar-refractivity contribution in [2.75, 3.05) is 11.4 Å². The largest absolute Gasteiger partial charge is 0.476 e. The number of aromatic nitrogens is 2. The molecule has 0 aromatic carbocycles. The van der Waals surface area contributed by atoms with Crippen LogP contribution in [0.15, 0.2) is 6.07 Å². The molecule has 1 aliphatic rings. The molecule has 1 aromatic heterocycles. The van der Waals surface area contributed by atoms with Gasteiger partial charge in [-0.15, -0.1) is 0 Å². The zero-order valence-electron chi connectivity index (χ0n) is 14.6. The molecule has 0 bridgehead atoms. The van der Waals surface area contributed by atoms with Crippen molar-refractivity contribution < 1.29 is 19.4 Å². The number of carbonyl (C=O) groups excluding carboxylic acids is 1. The van der Waals surface area contributed by atoms with Gasteiger partial charge in [0.25, 0.3) is 0 Å². The van der Waals surface area contributed by atoms with Crippen LogP contribution in [0.5, 0.6) is 0 Å². The molecule has 1 N–H and O–H groups in total. The van der Waals surface area contributed by atoms with Crippen LogP contribution in [0.2, 0.25) is 0 Å². The fraction of sp³-hybridized carbons (Fsp3) is 0.688. The third-order valence-corrected chi connectivity index (χ3v) is 3.72. The summed E-state index contributed by atoms with van der Waals surface area (Å²) < 4.78 is 7.10. The minimum atomic E-state index is -1.11. The van der Waals surface area contributed by atoms with Crippen LogP contribution in [-0.4, -0.2) is 39.1 Å². The number of carboxylic acid groups (broad SMARTS) is 1. The molecule has 0 spiro atoms. The van der Waals surface area contributed by atoms with Gasteiger partial charge in [-0.25, -0.2) is 14.3 Å². The van der Waals surface area contributed by atoms with Crippen LogP contribution in [0, 0.1) is 5.92 Å². The molecular formula is C16H25N3O4. The van der Waals surface area contributed by atoms with Gasteiger partial charge in [-0.3, -0.25) is 4.90 Å². The highest BCUT2D eigenvalue weighted by molar-refractivity contribution is 5.91. The summed E-state index contributed by atoms with van der Waals surface area (Å²) in [5.74, 6) is -0.419. The molecule has 0 fully saturated rings. The van der Waals surface area contributed by atoms with E-state index < -0.39 is 17.7 Å². The van der Waals surface area contributed by atoms with Gasteiger partial charge in [-0.2, -0.15) is 5.10 Å². The lowest BCUT2D eigenvalue weighted by atomic mass is 9.92. The third-order valence-electron chi connectivity index (χ3n) is 3.72. The van der Waals surface area contributed by atoms with E-state index in [9.17, 15) is 14.7 Å². The minimum Gasteiger partial charge on any atom is -0.476 e. The highest BCUT2D eigenvalue weighted by atomic mass is 16.6. The van der Waals surface area contributed by atoms with Gasteiger partial charge in [-0.1, -0.05) is 6.92 Å². The first kappa shape index (κ1) is 17.3. The van der Waals surface area contributed by atoms with Gasteiger partial charge in [0.05, 0.1) is 5.54 Å². The second-order valence-electron chi connectivity index (χ2n) is 7.82. The monoisotopic (exact) mass is 323 g/mol. The molecule has 0 radical (unpaired) electrons. The molecule has 7 nitrogen and oxygen atoms in total. The van der Waals surface area contributed by atoms with Crippen LogP contribution in [0.1, 0.15) is 58.5 Å². The van der Waals surface area contributed by atoms with Crippen LogP contribution in [0.4, 0.5) is 10.6 Å². The molecule has 0 saturated carbocycles. The number of anilines is 1. The van der Waals surface area contributed by atoms with Gasteiger partial charge in [0.15, 0.2) is 5.69 Å². The molecule has 0 aliphatic carbocycles. The smallest absolute Gasteiger partial charge is 0.416 e. The zero-order valence-corrected chi connectivity index (χ0v) is 14.6. The average Bonchev–Trinajstić information content (AvgIpc) is 2.75. The van der Waals surface area contributed by atoms with E-state index in [1.54, 1.807) is 25.5 Å². The first-order valence-corrected chi connectivity index (χ1v) is 7.75. The first-order valence-electron chi connectivity index (χ1n) is 7.75. The highest BCUT2D eigenvalue weighted by Gasteiger charge is 2.37. The predicted octanol–water partition coefficient (Wildman–Crippen LogP) is 3.10. The second-order valence-corrected chi connectivity index (χ2v) is 7.82. The van der Waals surface area contributed by atoms with E-state index in [0.717, 1.165) is 6.42 Å². The van der Waals surface area contributed by atoms with Crippen LogP contribution >= 0.6 is 0 Å². The van der Waals surface area contributed by atoms with Crippen molar-refractivity contribution in [1.29, 1.82) is 0 Å². The Kier molecular flexibility index (Phi) is 4.17. The van der Waals surface area contributed by atoms with Crippen molar-refractivity contribution in [3.8, 4) is 0 Å². The SMILES string of the molecule is CC1CN(C(=O)OC(C)(C)C)c2cc(C(=O)O)nn2C(C)(C)C1. The summed E-state index contributed by atoms with van der Waals surface area (Å²) in [6.07, 6.45) is 0.292. The lowest BCUT2D eigenvalue weighted by Crippen LogP contribution is -2.39. The summed E-state index contributed by atoms with van der Waals surface area (Å²) in [6, 6.07) is 1.44. The Morgan fingerprint density at radius 2 is 2.00 bits per heavy atom. The third kappa shape index (κ3) is 3.65. The van der Waals surface area contributed by atoms with Gasteiger partial charge in [0, 0.05) is 12.6 Å². The van der Waals surface area contributed by atoms with Crippen molar-refractivity contribution in [2.45, 2.75) is 59.1 Å². The standard InChI is InChI=1S/C16H25N3O4/c1-10-8-16(5,6)19-12(7-11(17-19)13(20)21)18(9-10)14(22)23-15(2,3)4/h7,10H,8-9H2,1-6H3,(H,20,21). The van der Waals surface area contributed by atoms with Crippen molar-refractivity contribution in [3.63, 3.8) is 0 Å². The van der Waals surface area contributed by atoms with E-state index in [4.69, 9.17) is 4.74 Å². The molecule has 2 rings (SSSR count). The Bertz CT molecular complexity index is 628. The van der Waals surface area contributed by atoms with Crippen LogP contribution < -0.4 is 4.90 Å². The number of carbonyl (C=O) groups is 2. The summed E-state index contributed by atoms with van der Waals surface area (Å²) in [5.41, 5.74) is -1.09. The van der Waals surface area contributed by atoms with E-state index in [0.29, 0.717) is 12.4 Å². The number of hydrogen-bond donors (Lipinski definition) is 1. The summed E-state index contributed by atoms with van der Waals surface area (Å²) >= 11 is 0. The maximum Gasteiger partial charge on any atom is 0.416 e. The Morgan fingerprint density at radius 1 is 1.39 bits per heavy atom. The topological polar surface area (TPSA) is 84.7 Å². The Morgan fingerprint density at radius 3 is 2.52 bits per heavy atom. The number of rotatable bonds is 1. The fourth-order valence-electron chi connectivity index (χ4n) is 3.01. The molecule has 1 aliphatic heterocycles. The first-order chi connectivity index (χ1) is 10.4. The lowest BCUT2D eigenvalue weighted by Gasteiger charge is -2.28. The molecule has 1 amide bonds. The van der Waals surface area contributed by atoms with E-state index in [1.807, 2.05) is 13.8 Å². The van der Waals surface area contributed by atoms with Crippen molar-refractivity contribution in [2.24, 2.45) is 5.92 Å². The molecule has 1 atom stereocenters. The number of fused-ring (bicyclic) bond motifs is 1. The summed E-state index contributed by atoms with van der Waals surface area (Å²) in [7, 11) is 0. The molecule has 23 heavy (non-hydrogen) atoms. The van der Waals surface area contributed by atoms with Gasteiger partial charge >= 0.3 is 12.1 Å². The molecular weight excluding hydrogens is 298 g/mol. The van der Waals surface area contributed by atoms with E-state index >= 15 is 0 Å². The quantitative estimate of drug-likeness (QED) is 0.858. The van der Waals surface area contributed by atoms with Crippen molar-refractivity contribution in [1.82, 2.24) is 9.78 Å². The van der Waals surface area contributed by atoms with Gasteiger partial charge in [-0.05, 0) is 47.0 Å². The molecule has 2 heterocycles. The summed E-state index contributed by atoms with van der Waals surface area (Å²) in [4.78, 5) is 25.3. The number of ether oxygens (including phenoxy) is 1. The van der Waals surface area contributed by atoms with Crippen LogP contribution in [0.25, 0.3) is 0 Å². The Labute approximate surface area is 136 Å². The van der Waals surface area contributed by atoms with Gasteiger partial charge in [0.1, 0.15) is 11.4 Å². The van der Waals surface area contributed by atoms with Crippen LogP contribution in [-0.2, 0) is 10.3 Å². The van der Waals surface area contributed by atoms with Crippen molar-refractivity contribution in [3.05, 3.63) is 11.8 Å². The fourth-order valence-corrected chi connectivity index (χ4v) is 3.01. The van der Waals surface area contributed by atoms with E-state index in [1.165, 1.54) is 11.0 Å². The number of hydrogen-bond acceptors (Lipinski definition) is 4. The maximum atomic E-state index is 12.6. The molecule has 7 heteroatoms. The lowest BCUT2D eigenvalue weighted by molar-refractivity contribution is 0.0573. The predicted molar refractivity (Wildman–Crippen MR) is 85.9 cm³/mol. The molecule has 0 saturated heterocycles. The van der Waals surface area contributed by atoms with Gasteiger partial charge in [0.2, 0.25) is 0 Å². The van der Waals surface area contributed by atoms with E-state index in [-0.39, 0.29) is 17.2 Å². The summed E-state index contributed by atoms with van der Waals surface area (Å²) in [5, 5.41) is 13.4. The maximum absolute atomic E-state index is 12.6. The number of amides is 1. The van der Waals surface area contributed by atoms with Gasteiger partial charge < -0.3 is 9.84 Å². The zero-order chi connectivity index (χ0) is 17.6. The molecule has 1 unspecified atom stereocenters. The highest BCUT2D eigenvalue weighted by Crippen LogP contribution is 2.35. The molecule has 128 valence electrons. The second kappa shape index (κ2) is 5.54. The number of nitrogens with zero attached hydrogens (tertiary/aromatic N) is 3. The Hall–Kier alpha value is -2.05. The van der Waals surface area contributed by atoms with Crippen molar-refractivity contribution >= 4 is 17.9 Å². The number of aromatic carboxylic acids is 1.